The molecule has 0 aromatic heterocycles. The zero-order valence-electron chi connectivity index (χ0n) is 10.9. The Balaban J connectivity index is 2.00. The topological polar surface area (TPSA) is 6.48 Å². The average molecular weight is 278 g/mol. The summed E-state index contributed by atoms with van der Waals surface area (Å²) in [5.74, 6) is 0. The molecule has 0 atom stereocenters. The number of alkyl halides is 3. The molecule has 20 heavy (non-hydrogen) atoms. The Bertz CT molecular complexity index is 609. The van der Waals surface area contributed by atoms with E-state index in [2.05, 4.69) is 4.90 Å². The van der Waals surface area contributed by atoms with E-state index in [1.54, 1.807) is 0 Å². The quantitative estimate of drug-likeness (QED) is 0.773. The summed E-state index contributed by atoms with van der Waals surface area (Å²) in [6.45, 7) is 0.701. The summed E-state index contributed by atoms with van der Waals surface area (Å²) in [5, 5.41) is 0. The lowest BCUT2D eigenvalue weighted by molar-refractivity contribution is -0.137. The molecule has 0 radical (unpaired) electrons. The zero-order chi connectivity index (χ0) is 14.3. The minimum atomic E-state index is -4.29. The molecule has 2 aliphatic heterocycles. The van der Waals surface area contributed by atoms with Gasteiger partial charge in [-0.1, -0.05) is 18.2 Å². The molecule has 0 amide bonds. The Morgan fingerprint density at radius 1 is 1.05 bits per heavy atom. The second-order valence-corrected chi connectivity index (χ2v) is 4.82. The number of hydrogen-bond acceptors (Lipinski definition) is 2. The van der Waals surface area contributed by atoms with Gasteiger partial charge in [0.25, 0.3) is 0 Å². The lowest BCUT2D eigenvalue weighted by atomic mass is 10.1. The Kier molecular flexibility index (Phi) is 2.85. The highest BCUT2D eigenvalue weighted by Crippen LogP contribution is 2.35. The second-order valence-electron chi connectivity index (χ2n) is 4.82. The first-order valence-electron chi connectivity index (χ1n) is 6.21. The van der Waals surface area contributed by atoms with E-state index in [1.165, 1.54) is 12.1 Å². The molecule has 2 nitrogen and oxygen atoms in total. The highest BCUT2D eigenvalue weighted by atomic mass is 19.4. The van der Waals surface area contributed by atoms with Gasteiger partial charge in [0.1, 0.15) is 0 Å². The molecule has 2 aliphatic rings. The number of rotatable bonds is 1. The van der Waals surface area contributed by atoms with E-state index in [9.17, 15) is 13.2 Å². The summed E-state index contributed by atoms with van der Waals surface area (Å²) < 4.78 is 37.8. The van der Waals surface area contributed by atoms with E-state index >= 15 is 0 Å². The molecule has 0 saturated heterocycles. The van der Waals surface area contributed by atoms with Gasteiger partial charge in [0.15, 0.2) is 0 Å². The average Bonchev–Trinajstić information content (AvgIpc) is 2.73. The van der Waals surface area contributed by atoms with E-state index in [4.69, 9.17) is 0 Å². The fourth-order valence-corrected chi connectivity index (χ4v) is 2.49. The molecule has 2 heterocycles. The van der Waals surface area contributed by atoms with Crippen LogP contribution in [-0.2, 0) is 6.18 Å². The van der Waals surface area contributed by atoms with Crippen molar-refractivity contribution in [2.24, 2.45) is 0 Å². The van der Waals surface area contributed by atoms with Gasteiger partial charge in [-0.15, -0.1) is 0 Å². The highest BCUT2D eigenvalue weighted by Gasteiger charge is 2.31. The van der Waals surface area contributed by atoms with Gasteiger partial charge < -0.3 is 9.80 Å². The molecule has 0 saturated carbocycles. The van der Waals surface area contributed by atoms with Crippen LogP contribution in [0.5, 0.6) is 0 Å². The van der Waals surface area contributed by atoms with Crippen molar-refractivity contribution >= 4 is 5.70 Å². The molecular weight excluding hydrogens is 265 g/mol. The van der Waals surface area contributed by atoms with Gasteiger partial charge in [-0.05, 0) is 24.3 Å². The normalized spacial score (nSPS) is 18.0. The van der Waals surface area contributed by atoms with Crippen LogP contribution in [0.1, 0.15) is 11.1 Å². The van der Waals surface area contributed by atoms with Crippen molar-refractivity contribution in [3.63, 3.8) is 0 Å². The number of halogens is 3. The van der Waals surface area contributed by atoms with Crippen molar-refractivity contribution in [1.29, 1.82) is 0 Å². The highest BCUT2D eigenvalue weighted by molar-refractivity contribution is 5.71. The Labute approximate surface area is 115 Å². The summed E-state index contributed by atoms with van der Waals surface area (Å²) in [7, 11) is 1.93. The monoisotopic (exact) mass is 278 g/mol. The van der Waals surface area contributed by atoms with Gasteiger partial charge in [-0.3, -0.25) is 0 Å². The number of hydrogen-bond donors (Lipinski definition) is 0. The van der Waals surface area contributed by atoms with Crippen molar-refractivity contribution in [3.05, 3.63) is 65.5 Å². The van der Waals surface area contributed by atoms with Crippen LogP contribution in [0.4, 0.5) is 13.2 Å². The fraction of sp³-hybridized carbons (Fsp3) is 0.200. The molecule has 104 valence electrons. The lowest BCUT2D eigenvalue weighted by Gasteiger charge is -2.17. The maximum absolute atomic E-state index is 12.6. The first kappa shape index (κ1) is 12.8. The predicted molar refractivity (Wildman–Crippen MR) is 71.1 cm³/mol. The van der Waals surface area contributed by atoms with Gasteiger partial charge in [0, 0.05) is 18.8 Å². The molecule has 0 unspecified atom stereocenters. The Hall–Kier alpha value is -2.17. The van der Waals surface area contributed by atoms with Gasteiger partial charge in [-0.25, -0.2) is 0 Å². The smallest absolute Gasteiger partial charge is 0.354 e. The molecule has 0 bridgehead atoms. The number of fused-ring (bicyclic) bond motifs is 1. The van der Waals surface area contributed by atoms with Crippen molar-refractivity contribution in [1.82, 2.24) is 9.80 Å². The number of nitrogens with zero attached hydrogens (tertiary/aromatic N) is 2. The van der Waals surface area contributed by atoms with Crippen molar-refractivity contribution < 1.29 is 13.2 Å². The first-order valence-corrected chi connectivity index (χ1v) is 6.21. The number of benzene rings is 1. The molecule has 5 heteroatoms. The third-order valence-corrected chi connectivity index (χ3v) is 3.42. The molecule has 0 fully saturated rings. The third kappa shape index (κ3) is 2.09. The minimum absolute atomic E-state index is 0.622. The van der Waals surface area contributed by atoms with E-state index < -0.39 is 11.7 Å². The maximum Gasteiger partial charge on any atom is 0.416 e. The van der Waals surface area contributed by atoms with Crippen LogP contribution in [0.3, 0.4) is 0 Å². The van der Waals surface area contributed by atoms with E-state index in [1.807, 2.05) is 36.4 Å². The van der Waals surface area contributed by atoms with E-state index in [-0.39, 0.29) is 0 Å². The van der Waals surface area contributed by atoms with Gasteiger partial charge >= 0.3 is 6.18 Å². The SMILES string of the molecule is CN1CN2C=CC=CC2=C1c1ccc(C(F)(F)F)cc1. The molecule has 3 rings (SSSR count). The molecule has 0 spiro atoms. The standard InChI is InChI=1S/C15H13F3N2/c1-19-10-20-9-3-2-4-13(20)14(19)11-5-7-12(8-6-11)15(16,17)18/h2-9H,10H2,1H3. The van der Waals surface area contributed by atoms with Gasteiger partial charge in [0.05, 0.1) is 23.6 Å². The van der Waals surface area contributed by atoms with E-state index in [0.29, 0.717) is 6.67 Å². The summed E-state index contributed by atoms with van der Waals surface area (Å²) in [5.41, 5.74) is 2.12. The lowest BCUT2D eigenvalue weighted by Crippen LogP contribution is -2.20. The van der Waals surface area contributed by atoms with Crippen molar-refractivity contribution in [2.75, 3.05) is 13.7 Å². The summed E-state index contributed by atoms with van der Waals surface area (Å²) in [6.07, 6.45) is 3.50. The van der Waals surface area contributed by atoms with E-state index in [0.717, 1.165) is 29.1 Å². The number of allylic oxidation sites excluding steroid dienone is 3. The zero-order valence-corrected chi connectivity index (χ0v) is 10.9. The van der Waals surface area contributed by atoms with Crippen LogP contribution >= 0.6 is 0 Å². The minimum Gasteiger partial charge on any atom is -0.354 e. The van der Waals surface area contributed by atoms with Crippen molar-refractivity contribution in [3.8, 4) is 0 Å². The van der Waals surface area contributed by atoms with Gasteiger partial charge in [-0.2, -0.15) is 13.2 Å². The summed E-state index contributed by atoms with van der Waals surface area (Å²) in [4.78, 5) is 4.09. The van der Waals surface area contributed by atoms with Crippen LogP contribution < -0.4 is 0 Å². The third-order valence-electron chi connectivity index (χ3n) is 3.42. The summed E-state index contributed by atoms with van der Waals surface area (Å²) >= 11 is 0. The van der Waals surface area contributed by atoms with Crippen LogP contribution in [0.15, 0.2) is 54.4 Å². The Morgan fingerprint density at radius 3 is 2.40 bits per heavy atom. The van der Waals surface area contributed by atoms with Crippen molar-refractivity contribution in [2.45, 2.75) is 6.18 Å². The van der Waals surface area contributed by atoms with Crippen LogP contribution in [0.2, 0.25) is 0 Å². The molecular formula is C15H13F3N2. The molecule has 1 aromatic rings. The fourth-order valence-electron chi connectivity index (χ4n) is 2.49. The van der Waals surface area contributed by atoms with Crippen LogP contribution in [0.25, 0.3) is 5.70 Å². The van der Waals surface area contributed by atoms with Gasteiger partial charge in [0.2, 0.25) is 0 Å². The Morgan fingerprint density at radius 2 is 1.75 bits per heavy atom. The molecule has 1 aromatic carbocycles. The molecule has 0 N–H and O–H groups in total. The second kappa shape index (κ2) is 4.44. The molecule has 0 aliphatic carbocycles. The summed E-state index contributed by atoms with van der Waals surface area (Å²) in [6, 6.07) is 5.30. The van der Waals surface area contributed by atoms with Crippen LogP contribution in [-0.4, -0.2) is 23.5 Å². The van der Waals surface area contributed by atoms with Crippen LogP contribution in [0, 0.1) is 0 Å². The predicted octanol–water partition coefficient (Wildman–Crippen LogP) is 3.66. The first-order chi connectivity index (χ1) is 9.47. The maximum atomic E-state index is 12.6. The largest absolute Gasteiger partial charge is 0.416 e.